The van der Waals surface area contributed by atoms with Crippen molar-refractivity contribution in [2.24, 2.45) is 5.92 Å². The second kappa shape index (κ2) is 9.55. The number of likely N-dealkylation sites (tertiary alicyclic amines) is 1. The van der Waals surface area contributed by atoms with Crippen molar-refractivity contribution < 1.29 is 9.59 Å². The molecule has 27 heavy (non-hydrogen) atoms. The van der Waals surface area contributed by atoms with Gasteiger partial charge >= 0.3 is 0 Å². The number of carbonyl (C=O) groups excluding carboxylic acids is 2. The normalized spacial score (nSPS) is 14.8. The van der Waals surface area contributed by atoms with Crippen LogP contribution in [0.25, 0.3) is 0 Å². The molecule has 1 fully saturated rings. The number of hydrogen-bond donors (Lipinski definition) is 1. The van der Waals surface area contributed by atoms with Crippen LogP contribution in [0.5, 0.6) is 0 Å². The fourth-order valence-electron chi connectivity index (χ4n) is 3.14. The lowest BCUT2D eigenvalue weighted by Gasteiger charge is -2.31. The molecule has 0 unspecified atom stereocenters. The van der Waals surface area contributed by atoms with Gasteiger partial charge in [0.25, 0.3) is 5.91 Å². The van der Waals surface area contributed by atoms with Crippen LogP contribution in [0.1, 0.15) is 36.5 Å². The SMILES string of the molecule is CCCNC(=O)C1CCN(C(=O)c2cccnc2Sc2ccccc2)CC1. The fraction of sp³-hybridized carbons (Fsp3) is 0.381. The summed E-state index contributed by atoms with van der Waals surface area (Å²) in [6.45, 7) is 3.97. The van der Waals surface area contributed by atoms with Gasteiger partial charge in [-0.05, 0) is 43.5 Å². The van der Waals surface area contributed by atoms with Crippen LogP contribution >= 0.6 is 11.8 Å². The molecule has 1 aliphatic heterocycles. The van der Waals surface area contributed by atoms with Gasteiger partial charge in [0.1, 0.15) is 5.03 Å². The van der Waals surface area contributed by atoms with Gasteiger partial charge in [0.2, 0.25) is 5.91 Å². The Morgan fingerprint density at radius 1 is 1.15 bits per heavy atom. The first-order valence-corrected chi connectivity index (χ1v) is 10.3. The summed E-state index contributed by atoms with van der Waals surface area (Å²) in [4.78, 5) is 32.5. The number of nitrogens with one attached hydrogen (secondary N) is 1. The largest absolute Gasteiger partial charge is 0.356 e. The maximum atomic E-state index is 13.0. The van der Waals surface area contributed by atoms with Crippen molar-refractivity contribution in [2.75, 3.05) is 19.6 Å². The number of piperidine rings is 1. The molecule has 0 bridgehead atoms. The Balaban J connectivity index is 1.64. The average molecular weight is 384 g/mol. The highest BCUT2D eigenvalue weighted by atomic mass is 32.2. The highest BCUT2D eigenvalue weighted by Gasteiger charge is 2.28. The summed E-state index contributed by atoms with van der Waals surface area (Å²) in [6, 6.07) is 13.6. The summed E-state index contributed by atoms with van der Waals surface area (Å²) in [7, 11) is 0. The average Bonchev–Trinajstić information content (AvgIpc) is 2.73. The van der Waals surface area contributed by atoms with E-state index in [1.165, 1.54) is 11.8 Å². The van der Waals surface area contributed by atoms with Crippen LogP contribution in [0.15, 0.2) is 58.6 Å². The Morgan fingerprint density at radius 2 is 1.89 bits per heavy atom. The zero-order chi connectivity index (χ0) is 19.1. The highest BCUT2D eigenvalue weighted by Crippen LogP contribution is 2.29. The topological polar surface area (TPSA) is 62.3 Å². The molecular formula is C21H25N3O2S. The maximum absolute atomic E-state index is 13.0. The molecular weight excluding hydrogens is 358 g/mol. The van der Waals surface area contributed by atoms with Crippen LogP contribution in [0.2, 0.25) is 0 Å². The number of rotatable bonds is 6. The summed E-state index contributed by atoms with van der Waals surface area (Å²) in [5, 5.41) is 3.68. The number of nitrogens with zero attached hydrogens (tertiary/aromatic N) is 2. The van der Waals surface area contributed by atoms with Crippen molar-refractivity contribution in [1.29, 1.82) is 0 Å². The predicted molar refractivity (Wildman–Crippen MR) is 107 cm³/mol. The number of aromatic nitrogens is 1. The molecule has 1 aliphatic rings. The number of benzene rings is 1. The molecule has 1 aromatic carbocycles. The summed E-state index contributed by atoms with van der Waals surface area (Å²) in [6.07, 6.45) is 4.07. The van der Waals surface area contributed by atoms with Crippen molar-refractivity contribution in [3.05, 3.63) is 54.2 Å². The van der Waals surface area contributed by atoms with E-state index < -0.39 is 0 Å². The van der Waals surface area contributed by atoms with Gasteiger partial charge in [0, 0.05) is 36.6 Å². The predicted octanol–water partition coefficient (Wildman–Crippen LogP) is 3.61. The first-order chi connectivity index (χ1) is 13.2. The van der Waals surface area contributed by atoms with Gasteiger partial charge < -0.3 is 10.2 Å². The van der Waals surface area contributed by atoms with E-state index in [4.69, 9.17) is 0 Å². The molecule has 2 aromatic rings. The molecule has 0 saturated carbocycles. The zero-order valence-electron chi connectivity index (χ0n) is 15.6. The molecule has 5 nitrogen and oxygen atoms in total. The Morgan fingerprint density at radius 3 is 2.59 bits per heavy atom. The molecule has 2 heterocycles. The van der Waals surface area contributed by atoms with Gasteiger partial charge in [-0.1, -0.05) is 36.9 Å². The third kappa shape index (κ3) is 5.10. The molecule has 1 saturated heterocycles. The van der Waals surface area contributed by atoms with E-state index in [1.54, 1.807) is 12.3 Å². The van der Waals surface area contributed by atoms with Gasteiger partial charge in [0.15, 0.2) is 0 Å². The van der Waals surface area contributed by atoms with Crippen LogP contribution in [-0.4, -0.2) is 41.3 Å². The molecule has 6 heteroatoms. The molecule has 1 aromatic heterocycles. The monoisotopic (exact) mass is 383 g/mol. The van der Waals surface area contributed by atoms with Gasteiger partial charge in [0.05, 0.1) is 5.56 Å². The minimum Gasteiger partial charge on any atom is -0.356 e. The number of hydrogen-bond acceptors (Lipinski definition) is 4. The minimum absolute atomic E-state index is 0.00560. The molecule has 0 spiro atoms. The van der Waals surface area contributed by atoms with E-state index in [-0.39, 0.29) is 17.7 Å². The summed E-state index contributed by atoms with van der Waals surface area (Å²) >= 11 is 1.50. The van der Waals surface area contributed by atoms with Crippen molar-refractivity contribution in [1.82, 2.24) is 15.2 Å². The lowest BCUT2D eigenvalue weighted by Crippen LogP contribution is -2.43. The van der Waals surface area contributed by atoms with E-state index >= 15 is 0 Å². The first-order valence-electron chi connectivity index (χ1n) is 9.44. The molecule has 0 atom stereocenters. The van der Waals surface area contributed by atoms with Gasteiger partial charge in [-0.2, -0.15) is 0 Å². The van der Waals surface area contributed by atoms with E-state index in [0.29, 0.717) is 38.0 Å². The van der Waals surface area contributed by atoms with Crippen LogP contribution in [0.4, 0.5) is 0 Å². The van der Waals surface area contributed by atoms with Crippen LogP contribution in [-0.2, 0) is 4.79 Å². The number of amides is 2. The van der Waals surface area contributed by atoms with Crippen LogP contribution < -0.4 is 5.32 Å². The van der Waals surface area contributed by atoms with Gasteiger partial charge in [-0.25, -0.2) is 4.98 Å². The van der Waals surface area contributed by atoms with Crippen molar-refractivity contribution >= 4 is 23.6 Å². The second-order valence-electron chi connectivity index (χ2n) is 6.63. The molecule has 142 valence electrons. The summed E-state index contributed by atoms with van der Waals surface area (Å²) < 4.78 is 0. The van der Waals surface area contributed by atoms with E-state index in [2.05, 4.69) is 10.3 Å². The van der Waals surface area contributed by atoms with Crippen molar-refractivity contribution in [3.8, 4) is 0 Å². The quantitative estimate of drug-likeness (QED) is 0.828. The Labute approximate surface area is 164 Å². The Bertz CT molecular complexity index is 774. The van der Waals surface area contributed by atoms with Crippen molar-refractivity contribution in [3.63, 3.8) is 0 Å². The van der Waals surface area contributed by atoms with Gasteiger partial charge in [-0.15, -0.1) is 0 Å². The van der Waals surface area contributed by atoms with Crippen LogP contribution in [0.3, 0.4) is 0 Å². The van der Waals surface area contributed by atoms with E-state index in [0.717, 1.165) is 16.3 Å². The van der Waals surface area contributed by atoms with Gasteiger partial charge in [-0.3, -0.25) is 9.59 Å². The lowest BCUT2D eigenvalue weighted by atomic mass is 9.95. The lowest BCUT2D eigenvalue weighted by molar-refractivity contribution is -0.126. The second-order valence-corrected chi connectivity index (χ2v) is 7.69. The third-order valence-corrected chi connectivity index (χ3v) is 5.69. The highest BCUT2D eigenvalue weighted by molar-refractivity contribution is 7.99. The molecule has 3 rings (SSSR count). The first kappa shape index (κ1) is 19.4. The summed E-state index contributed by atoms with van der Waals surface area (Å²) in [5.74, 6) is 0.118. The zero-order valence-corrected chi connectivity index (χ0v) is 16.4. The molecule has 0 aliphatic carbocycles. The van der Waals surface area contributed by atoms with E-state index in [9.17, 15) is 9.59 Å². The van der Waals surface area contributed by atoms with E-state index in [1.807, 2.05) is 48.2 Å². The fourth-order valence-corrected chi connectivity index (χ4v) is 4.04. The number of carbonyl (C=O) groups is 2. The molecule has 1 N–H and O–H groups in total. The summed E-state index contributed by atoms with van der Waals surface area (Å²) in [5.41, 5.74) is 0.625. The maximum Gasteiger partial charge on any atom is 0.256 e. The van der Waals surface area contributed by atoms with Crippen LogP contribution in [0, 0.1) is 5.92 Å². The Kier molecular flexibility index (Phi) is 6.87. The Hall–Kier alpha value is -2.34. The third-order valence-electron chi connectivity index (χ3n) is 4.66. The molecule has 0 radical (unpaired) electrons. The molecule has 2 amide bonds. The minimum atomic E-state index is -0.00560. The standard InChI is InChI=1S/C21H25N3O2S/c1-2-12-22-19(25)16-10-14-24(15-11-16)21(26)18-9-6-13-23-20(18)27-17-7-4-3-5-8-17/h3-9,13,16H,2,10-12,14-15H2,1H3,(H,22,25). The van der Waals surface area contributed by atoms with Crippen molar-refractivity contribution in [2.45, 2.75) is 36.1 Å². The smallest absolute Gasteiger partial charge is 0.256 e. The number of pyridine rings is 1.